The number of benzene rings is 2. The minimum absolute atomic E-state index is 0.0689. The van der Waals surface area contributed by atoms with E-state index in [1.54, 1.807) is 55.4 Å². The molecule has 0 saturated heterocycles. The number of hydrogen-bond donors (Lipinski definition) is 0. The van der Waals surface area contributed by atoms with Crippen molar-refractivity contribution in [3.05, 3.63) is 77.6 Å². The monoisotopic (exact) mass is 393 g/mol. The molecule has 0 radical (unpaired) electrons. The molecule has 142 valence electrons. The van der Waals surface area contributed by atoms with E-state index in [1.165, 1.54) is 24.5 Å². The number of para-hydroxylation sites is 1. The number of rotatable bonds is 5. The van der Waals surface area contributed by atoms with E-state index < -0.39 is 15.8 Å². The lowest BCUT2D eigenvalue weighted by atomic mass is 10.0. The highest BCUT2D eigenvalue weighted by atomic mass is 32.2. The molecule has 2 aromatic carbocycles. The van der Waals surface area contributed by atoms with Gasteiger partial charge in [-0.3, -0.25) is 4.79 Å². The molecule has 28 heavy (non-hydrogen) atoms. The first-order valence-corrected chi connectivity index (χ1v) is 9.95. The molecule has 0 atom stereocenters. The van der Waals surface area contributed by atoms with Crippen LogP contribution in [0.4, 0.5) is 0 Å². The molecular weight excluding hydrogens is 374 g/mol. The zero-order valence-corrected chi connectivity index (χ0v) is 16.6. The van der Waals surface area contributed by atoms with Gasteiger partial charge >= 0.3 is 0 Å². The minimum atomic E-state index is -3.90. The van der Waals surface area contributed by atoms with Crippen molar-refractivity contribution in [3.8, 4) is 6.07 Å². The van der Waals surface area contributed by atoms with Crippen LogP contribution in [0, 0.1) is 18.3 Å². The summed E-state index contributed by atoms with van der Waals surface area (Å²) in [5.41, 5.74) is 1.43. The average Bonchev–Trinajstić information content (AvgIpc) is 3.06. The molecule has 0 N–H and O–H groups in total. The topological polar surface area (TPSA) is 83.2 Å². The van der Waals surface area contributed by atoms with Crippen molar-refractivity contribution in [1.29, 1.82) is 5.26 Å². The lowest BCUT2D eigenvalue weighted by Crippen LogP contribution is -2.12. The van der Waals surface area contributed by atoms with Crippen LogP contribution < -0.4 is 0 Å². The molecule has 3 aromatic rings. The van der Waals surface area contributed by atoms with Crippen molar-refractivity contribution in [2.24, 2.45) is 0 Å². The number of hydrogen-bond acceptors (Lipinski definition) is 5. The van der Waals surface area contributed by atoms with Gasteiger partial charge in [-0.05, 0) is 25.1 Å². The molecule has 6 nitrogen and oxygen atoms in total. The molecule has 1 aromatic heterocycles. The van der Waals surface area contributed by atoms with Crippen LogP contribution in [-0.4, -0.2) is 37.2 Å². The van der Waals surface area contributed by atoms with Gasteiger partial charge in [-0.25, -0.2) is 12.4 Å². The molecule has 0 fully saturated rings. The standard InChI is InChI=1S/C21H19N3O3S/c1-15-8-10-17(11-9-15)28(26,27)24-14-19(18-6-4-5-7-20(18)24)21(25)16(12-22)13-23(2)3/h4-11,13-14H,1-3H3/b16-13+. The molecule has 0 amide bonds. The van der Waals surface area contributed by atoms with Gasteiger partial charge in [-0.2, -0.15) is 5.26 Å². The molecule has 0 saturated carbocycles. The van der Waals surface area contributed by atoms with Gasteiger partial charge in [0.2, 0.25) is 5.78 Å². The summed E-state index contributed by atoms with van der Waals surface area (Å²) in [4.78, 5) is 14.6. The minimum Gasteiger partial charge on any atom is -0.382 e. The summed E-state index contributed by atoms with van der Waals surface area (Å²) in [5, 5.41) is 9.83. The highest BCUT2D eigenvalue weighted by Crippen LogP contribution is 2.27. The Balaban J connectivity index is 2.23. The summed E-state index contributed by atoms with van der Waals surface area (Å²) in [6, 6.07) is 15.2. The van der Waals surface area contributed by atoms with Crippen LogP contribution in [0.15, 0.2) is 71.4 Å². The third kappa shape index (κ3) is 3.42. The Kier molecular flexibility index (Phi) is 5.08. The second kappa shape index (κ2) is 7.33. The molecule has 1 heterocycles. The summed E-state index contributed by atoms with van der Waals surface area (Å²) >= 11 is 0. The molecular formula is C21H19N3O3S. The zero-order valence-electron chi connectivity index (χ0n) is 15.7. The highest BCUT2D eigenvalue weighted by Gasteiger charge is 2.25. The highest BCUT2D eigenvalue weighted by molar-refractivity contribution is 7.90. The van der Waals surface area contributed by atoms with Crippen LogP contribution in [-0.2, 0) is 10.0 Å². The summed E-state index contributed by atoms with van der Waals surface area (Å²) in [6.45, 7) is 1.87. The normalized spacial score (nSPS) is 12.0. The van der Waals surface area contributed by atoms with Gasteiger partial charge in [0.05, 0.1) is 16.0 Å². The number of aryl methyl sites for hydroxylation is 1. The molecule has 0 aliphatic rings. The number of nitriles is 1. The number of ketones is 1. The van der Waals surface area contributed by atoms with Gasteiger partial charge in [0.25, 0.3) is 10.0 Å². The number of carbonyl (C=O) groups is 1. The largest absolute Gasteiger partial charge is 0.382 e. The fraction of sp³-hybridized carbons (Fsp3) is 0.143. The predicted octanol–water partition coefficient (Wildman–Crippen LogP) is 3.34. The van der Waals surface area contributed by atoms with Crippen molar-refractivity contribution >= 4 is 26.7 Å². The van der Waals surface area contributed by atoms with Crippen molar-refractivity contribution in [1.82, 2.24) is 8.87 Å². The Morgan fingerprint density at radius 2 is 1.75 bits per heavy atom. The van der Waals surface area contributed by atoms with Crippen LogP contribution in [0.5, 0.6) is 0 Å². The van der Waals surface area contributed by atoms with E-state index in [-0.39, 0.29) is 16.0 Å². The Labute approximate surface area is 164 Å². The maximum Gasteiger partial charge on any atom is 0.268 e. The number of carbonyl (C=O) groups excluding carboxylic acids is 1. The first-order valence-electron chi connectivity index (χ1n) is 8.51. The van der Waals surface area contributed by atoms with E-state index in [4.69, 9.17) is 0 Å². The van der Waals surface area contributed by atoms with E-state index in [0.717, 1.165) is 9.54 Å². The van der Waals surface area contributed by atoms with E-state index in [0.29, 0.717) is 10.9 Å². The average molecular weight is 393 g/mol. The van der Waals surface area contributed by atoms with Crippen molar-refractivity contribution < 1.29 is 13.2 Å². The van der Waals surface area contributed by atoms with Gasteiger partial charge in [0.1, 0.15) is 11.6 Å². The summed E-state index contributed by atoms with van der Waals surface area (Å²) in [6.07, 6.45) is 2.71. The quantitative estimate of drug-likeness (QED) is 0.377. The van der Waals surface area contributed by atoms with E-state index in [2.05, 4.69) is 0 Å². The molecule has 0 bridgehead atoms. The first kappa shape index (κ1) is 19.4. The number of Topliss-reactive ketones (excluding diaryl/α,β-unsaturated/α-hetero) is 1. The molecule has 0 aliphatic heterocycles. The molecule has 0 spiro atoms. The van der Waals surface area contributed by atoms with Gasteiger partial charge < -0.3 is 4.90 Å². The van der Waals surface area contributed by atoms with E-state index >= 15 is 0 Å². The summed E-state index contributed by atoms with van der Waals surface area (Å²) < 4.78 is 27.5. The fourth-order valence-electron chi connectivity index (χ4n) is 2.90. The Morgan fingerprint density at radius 3 is 2.36 bits per heavy atom. The molecule has 3 rings (SSSR count). The molecule has 7 heteroatoms. The Hall–Kier alpha value is -3.37. The second-order valence-corrected chi connectivity index (χ2v) is 8.44. The third-order valence-corrected chi connectivity index (χ3v) is 5.94. The van der Waals surface area contributed by atoms with Gasteiger partial charge in [-0.15, -0.1) is 0 Å². The summed E-state index contributed by atoms with van der Waals surface area (Å²) in [7, 11) is -0.491. The number of allylic oxidation sites excluding steroid dienone is 1. The van der Waals surface area contributed by atoms with Gasteiger partial charge in [-0.1, -0.05) is 35.9 Å². The van der Waals surface area contributed by atoms with Crippen LogP contribution in [0.3, 0.4) is 0 Å². The van der Waals surface area contributed by atoms with Gasteiger partial charge in [0, 0.05) is 31.9 Å². The van der Waals surface area contributed by atoms with Crippen LogP contribution in [0.1, 0.15) is 15.9 Å². The first-order chi connectivity index (χ1) is 13.3. The fourth-order valence-corrected chi connectivity index (χ4v) is 4.26. The van der Waals surface area contributed by atoms with E-state index in [9.17, 15) is 18.5 Å². The number of nitrogens with zero attached hydrogens (tertiary/aromatic N) is 3. The Bertz CT molecular complexity index is 1230. The maximum absolute atomic E-state index is 13.2. The zero-order chi connectivity index (χ0) is 20.5. The second-order valence-electron chi connectivity index (χ2n) is 6.62. The SMILES string of the molecule is Cc1ccc(S(=O)(=O)n2cc(C(=O)/C(C#N)=C/N(C)C)c3ccccc32)cc1. The lowest BCUT2D eigenvalue weighted by Gasteiger charge is -2.07. The Morgan fingerprint density at radius 1 is 1.11 bits per heavy atom. The summed E-state index contributed by atoms with van der Waals surface area (Å²) in [5.74, 6) is -0.523. The molecule has 0 aliphatic carbocycles. The van der Waals surface area contributed by atoms with Crippen molar-refractivity contribution in [2.45, 2.75) is 11.8 Å². The number of fused-ring (bicyclic) bond motifs is 1. The van der Waals surface area contributed by atoms with Crippen molar-refractivity contribution in [3.63, 3.8) is 0 Å². The smallest absolute Gasteiger partial charge is 0.268 e. The lowest BCUT2D eigenvalue weighted by molar-refractivity contribution is 0.103. The van der Waals surface area contributed by atoms with Crippen LogP contribution >= 0.6 is 0 Å². The third-order valence-electron chi connectivity index (χ3n) is 4.25. The van der Waals surface area contributed by atoms with Crippen LogP contribution in [0.25, 0.3) is 10.9 Å². The maximum atomic E-state index is 13.2. The molecule has 0 unspecified atom stereocenters. The van der Waals surface area contributed by atoms with Crippen LogP contribution in [0.2, 0.25) is 0 Å². The predicted molar refractivity (Wildman–Crippen MR) is 107 cm³/mol. The number of aromatic nitrogens is 1. The van der Waals surface area contributed by atoms with E-state index in [1.807, 2.05) is 13.0 Å². The van der Waals surface area contributed by atoms with Crippen molar-refractivity contribution in [2.75, 3.05) is 14.1 Å². The van der Waals surface area contributed by atoms with Gasteiger partial charge in [0.15, 0.2) is 0 Å².